The van der Waals surface area contributed by atoms with E-state index >= 15 is 0 Å². The lowest BCUT2D eigenvalue weighted by Crippen LogP contribution is -2.29. The van der Waals surface area contributed by atoms with E-state index in [0.29, 0.717) is 0 Å². The molecule has 4 rings (SSSR count). The molecule has 0 saturated carbocycles. The molecule has 2 aromatic rings. The molecule has 4 heteroatoms. The molecule has 4 nitrogen and oxygen atoms in total. The van der Waals surface area contributed by atoms with E-state index in [9.17, 15) is 0 Å². The number of rotatable bonds is 2. The number of nitrogen functional groups attached to an aromatic ring is 1. The molecule has 0 aliphatic carbocycles. The van der Waals surface area contributed by atoms with Crippen LogP contribution in [0.1, 0.15) is 0 Å². The lowest BCUT2D eigenvalue weighted by molar-refractivity contribution is 0.533. The van der Waals surface area contributed by atoms with Crippen molar-refractivity contribution in [1.82, 2.24) is 4.98 Å². The van der Waals surface area contributed by atoms with Crippen molar-refractivity contribution in [3.8, 4) is 0 Å². The molecule has 2 aliphatic rings. The predicted molar refractivity (Wildman–Crippen MR) is 86.5 cm³/mol. The summed E-state index contributed by atoms with van der Waals surface area (Å²) < 4.78 is 0. The van der Waals surface area contributed by atoms with Gasteiger partial charge in [-0.1, -0.05) is 6.07 Å². The van der Waals surface area contributed by atoms with Crippen LogP contribution in [0, 0.1) is 11.8 Å². The maximum atomic E-state index is 5.77. The Morgan fingerprint density at radius 2 is 1.52 bits per heavy atom. The third-order valence-electron chi connectivity index (χ3n) is 4.72. The van der Waals surface area contributed by atoms with Gasteiger partial charge in [-0.2, -0.15) is 0 Å². The van der Waals surface area contributed by atoms with Crippen LogP contribution in [-0.4, -0.2) is 31.2 Å². The van der Waals surface area contributed by atoms with Gasteiger partial charge in [0, 0.05) is 55.6 Å². The average molecular weight is 280 g/mol. The minimum absolute atomic E-state index is 0.740. The first-order valence-corrected chi connectivity index (χ1v) is 7.56. The van der Waals surface area contributed by atoms with E-state index in [2.05, 4.69) is 39.0 Å². The summed E-state index contributed by atoms with van der Waals surface area (Å²) in [6, 6.07) is 14.4. The molecular weight excluding hydrogens is 260 g/mol. The summed E-state index contributed by atoms with van der Waals surface area (Å²) in [5.74, 6) is 2.60. The van der Waals surface area contributed by atoms with E-state index in [0.717, 1.165) is 49.5 Å². The molecule has 21 heavy (non-hydrogen) atoms. The second-order valence-corrected chi connectivity index (χ2v) is 6.11. The van der Waals surface area contributed by atoms with Crippen molar-refractivity contribution in [3.05, 3.63) is 48.7 Å². The van der Waals surface area contributed by atoms with Gasteiger partial charge in [-0.25, -0.2) is 4.98 Å². The van der Waals surface area contributed by atoms with Crippen molar-refractivity contribution in [2.24, 2.45) is 11.8 Å². The smallest absolute Gasteiger partial charge is 0.128 e. The minimum atomic E-state index is 0.740. The van der Waals surface area contributed by atoms with Crippen molar-refractivity contribution in [3.63, 3.8) is 0 Å². The zero-order valence-corrected chi connectivity index (χ0v) is 12.0. The summed E-state index contributed by atoms with van der Waals surface area (Å²) in [4.78, 5) is 9.39. The van der Waals surface area contributed by atoms with E-state index in [1.165, 1.54) is 5.69 Å². The van der Waals surface area contributed by atoms with Crippen LogP contribution in [0.25, 0.3) is 0 Å². The molecule has 2 N–H and O–H groups in total. The van der Waals surface area contributed by atoms with E-state index < -0.39 is 0 Å². The van der Waals surface area contributed by atoms with Crippen molar-refractivity contribution >= 4 is 17.2 Å². The number of pyridine rings is 1. The van der Waals surface area contributed by atoms with Gasteiger partial charge in [0.05, 0.1) is 0 Å². The molecule has 2 saturated heterocycles. The van der Waals surface area contributed by atoms with Crippen LogP contribution in [0.2, 0.25) is 0 Å². The molecule has 108 valence electrons. The lowest BCUT2D eigenvalue weighted by Gasteiger charge is -2.23. The number of hydrogen-bond donors (Lipinski definition) is 1. The van der Waals surface area contributed by atoms with Gasteiger partial charge < -0.3 is 15.5 Å². The van der Waals surface area contributed by atoms with Crippen LogP contribution in [0.4, 0.5) is 17.2 Å². The number of aromatic nitrogens is 1. The van der Waals surface area contributed by atoms with Crippen molar-refractivity contribution in [2.45, 2.75) is 0 Å². The normalized spacial score (nSPS) is 24.4. The van der Waals surface area contributed by atoms with Gasteiger partial charge in [-0.3, -0.25) is 0 Å². The van der Waals surface area contributed by atoms with Crippen LogP contribution in [0.15, 0.2) is 48.7 Å². The molecule has 0 bridgehead atoms. The quantitative estimate of drug-likeness (QED) is 0.857. The maximum absolute atomic E-state index is 5.77. The number of anilines is 3. The van der Waals surface area contributed by atoms with Crippen LogP contribution in [-0.2, 0) is 0 Å². The van der Waals surface area contributed by atoms with Gasteiger partial charge in [-0.05, 0) is 36.4 Å². The first-order chi connectivity index (χ1) is 10.3. The summed E-state index contributed by atoms with van der Waals surface area (Å²) in [6.07, 6.45) is 1.88. The standard InChI is InChI=1S/C17H20N4/c18-15-4-6-16(7-5-15)20-9-13-11-21(12-14(13)10-20)17-3-1-2-8-19-17/h1-8,13-14H,9-12,18H2/t13-,14?/m1/s1. The van der Waals surface area contributed by atoms with Gasteiger partial charge in [0.25, 0.3) is 0 Å². The second kappa shape index (κ2) is 4.95. The van der Waals surface area contributed by atoms with E-state index in [-0.39, 0.29) is 0 Å². The highest BCUT2D eigenvalue weighted by Gasteiger charge is 2.40. The Kier molecular flexibility index (Phi) is 2.95. The zero-order valence-electron chi connectivity index (χ0n) is 12.0. The Morgan fingerprint density at radius 3 is 2.14 bits per heavy atom. The van der Waals surface area contributed by atoms with Gasteiger partial charge in [0.1, 0.15) is 5.82 Å². The van der Waals surface area contributed by atoms with E-state index in [1.54, 1.807) is 0 Å². The van der Waals surface area contributed by atoms with Crippen molar-refractivity contribution in [2.75, 3.05) is 41.7 Å². The van der Waals surface area contributed by atoms with Crippen LogP contribution < -0.4 is 15.5 Å². The maximum Gasteiger partial charge on any atom is 0.128 e. The summed E-state index contributed by atoms with van der Waals surface area (Å²) in [6.45, 7) is 4.51. The molecule has 1 aromatic heterocycles. The highest BCUT2D eigenvalue weighted by atomic mass is 15.3. The molecule has 0 radical (unpaired) electrons. The molecule has 1 unspecified atom stereocenters. The molecule has 1 aromatic carbocycles. The second-order valence-electron chi connectivity index (χ2n) is 6.11. The molecule has 2 fully saturated rings. The molecule has 2 atom stereocenters. The largest absolute Gasteiger partial charge is 0.399 e. The van der Waals surface area contributed by atoms with Crippen molar-refractivity contribution in [1.29, 1.82) is 0 Å². The Hall–Kier alpha value is -2.23. The molecule has 0 spiro atoms. The third-order valence-corrected chi connectivity index (χ3v) is 4.72. The van der Waals surface area contributed by atoms with E-state index in [4.69, 9.17) is 5.73 Å². The number of nitrogens with zero attached hydrogens (tertiary/aromatic N) is 3. The Labute approximate surface area is 125 Å². The Morgan fingerprint density at radius 1 is 0.857 bits per heavy atom. The number of hydrogen-bond acceptors (Lipinski definition) is 4. The number of fused-ring (bicyclic) bond motifs is 1. The fourth-order valence-electron chi connectivity index (χ4n) is 3.62. The first-order valence-electron chi connectivity index (χ1n) is 7.56. The summed E-state index contributed by atoms with van der Waals surface area (Å²) >= 11 is 0. The zero-order chi connectivity index (χ0) is 14.2. The third kappa shape index (κ3) is 2.31. The minimum Gasteiger partial charge on any atom is -0.399 e. The van der Waals surface area contributed by atoms with Gasteiger partial charge >= 0.3 is 0 Å². The molecular formula is C17H20N4. The van der Waals surface area contributed by atoms with Crippen LogP contribution in [0.5, 0.6) is 0 Å². The fourth-order valence-corrected chi connectivity index (χ4v) is 3.62. The Balaban J connectivity index is 1.45. The van der Waals surface area contributed by atoms with E-state index in [1.807, 2.05) is 24.4 Å². The highest BCUT2D eigenvalue weighted by Crippen LogP contribution is 2.35. The van der Waals surface area contributed by atoms with Crippen molar-refractivity contribution < 1.29 is 0 Å². The monoisotopic (exact) mass is 280 g/mol. The van der Waals surface area contributed by atoms with Gasteiger partial charge in [0.15, 0.2) is 0 Å². The topological polar surface area (TPSA) is 45.4 Å². The fraction of sp³-hybridized carbons (Fsp3) is 0.353. The summed E-state index contributed by atoms with van der Waals surface area (Å²) in [5, 5.41) is 0. The molecule has 0 amide bonds. The molecule has 3 heterocycles. The predicted octanol–water partition coefficient (Wildman–Crippen LogP) is 2.24. The highest BCUT2D eigenvalue weighted by molar-refractivity contribution is 5.54. The van der Waals surface area contributed by atoms with Gasteiger partial charge in [-0.15, -0.1) is 0 Å². The average Bonchev–Trinajstić information content (AvgIpc) is 3.07. The van der Waals surface area contributed by atoms with Gasteiger partial charge in [0.2, 0.25) is 0 Å². The summed E-state index contributed by atoms with van der Waals surface area (Å²) in [5.41, 5.74) is 7.90. The molecule has 2 aliphatic heterocycles. The number of benzene rings is 1. The van der Waals surface area contributed by atoms with Crippen LogP contribution >= 0.6 is 0 Å². The Bertz CT molecular complexity index is 596. The lowest BCUT2D eigenvalue weighted by atomic mass is 10.0. The SMILES string of the molecule is Nc1ccc(N2CC3CN(c4ccccn4)C[C@H]3C2)cc1. The summed E-state index contributed by atoms with van der Waals surface area (Å²) in [7, 11) is 0. The first kappa shape index (κ1) is 12.5. The number of nitrogens with two attached hydrogens (primary N) is 1. The van der Waals surface area contributed by atoms with Crippen LogP contribution in [0.3, 0.4) is 0 Å².